The predicted octanol–water partition coefficient (Wildman–Crippen LogP) is 2.39. The van der Waals surface area contributed by atoms with E-state index in [9.17, 15) is 13.2 Å². The van der Waals surface area contributed by atoms with Crippen molar-refractivity contribution in [1.82, 2.24) is 14.9 Å². The Morgan fingerprint density at radius 2 is 1.74 bits per heavy atom. The summed E-state index contributed by atoms with van der Waals surface area (Å²) in [6.07, 6.45) is 2.20. The molecule has 2 aromatic carbocycles. The first-order valence-electron chi connectivity index (χ1n) is 10.6. The Morgan fingerprint density at radius 3 is 2.39 bits per heavy atom. The predicted molar refractivity (Wildman–Crippen MR) is 120 cm³/mol. The molecule has 1 amide bonds. The molecule has 7 nitrogen and oxygen atoms in total. The van der Waals surface area contributed by atoms with Gasteiger partial charge in [0.15, 0.2) is 0 Å². The summed E-state index contributed by atoms with van der Waals surface area (Å²) in [7, 11) is -1.90. The Labute approximate surface area is 184 Å². The maximum atomic E-state index is 12.2. The van der Waals surface area contributed by atoms with Gasteiger partial charge in [0.05, 0.1) is 12.0 Å². The lowest BCUT2D eigenvalue weighted by Gasteiger charge is -2.32. The normalized spacial score (nSPS) is 15.5. The van der Waals surface area contributed by atoms with E-state index >= 15 is 0 Å². The van der Waals surface area contributed by atoms with Crippen LogP contribution in [0.1, 0.15) is 24.8 Å². The van der Waals surface area contributed by atoms with Gasteiger partial charge in [0.2, 0.25) is 15.9 Å². The maximum Gasteiger partial charge on any atom is 0.240 e. The molecule has 0 unspecified atom stereocenters. The van der Waals surface area contributed by atoms with Gasteiger partial charge in [0.1, 0.15) is 5.75 Å². The fourth-order valence-corrected chi connectivity index (χ4v) is 4.72. The third kappa shape index (κ3) is 7.34. The molecule has 168 valence electrons. The van der Waals surface area contributed by atoms with Crippen LogP contribution in [-0.2, 0) is 21.4 Å². The van der Waals surface area contributed by atoms with Gasteiger partial charge in [-0.05, 0) is 61.7 Å². The number of carbonyl (C=O) groups is 1. The fourth-order valence-electron chi connectivity index (χ4n) is 3.67. The number of piperidine rings is 1. The summed E-state index contributed by atoms with van der Waals surface area (Å²) in [6.45, 7) is 3.65. The lowest BCUT2D eigenvalue weighted by molar-refractivity contribution is -0.121. The smallest absolute Gasteiger partial charge is 0.240 e. The van der Waals surface area contributed by atoms with Gasteiger partial charge in [-0.15, -0.1) is 0 Å². The number of ether oxygens (including phenoxy) is 1. The van der Waals surface area contributed by atoms with Crippen molar-refractivity contribution in [2.45, 2.75) is 30.7 Å². The van der Waals surface area contributed by atoms with Gasteiger partial charge in [-0.25, -0.2) is 13.1 Å². The molecule has 31 heavy (non-hydrogen) atoms. The standard InChI is InChI=1S/C23H31N3O4S/c1-30-21-9-7-20(8-10-21)18-26-15-12-19(13-16-26)17-24-23(27)11-14-25-31(28,29)22-5-3-2-4-6-22/h2-10,19,25H,11-18H2,1H3,(H,24,27). The number of amides is 1. The number of carbonyl (C=O) groups excluding carboxylic acids is 1. The molecule has 0 aromatic heterocycles. The number of methoxy groups -OCH3 is 1. The van der Waals surface area contributed by atoms with Gasteiger partial charge < -0.3 is 10.1 Å². The molecule has 0 spiro atoms. The molecular weight excluding hydrogens is 414 g/mol. The van der Waals surface area contributed by atoms with E-state index in [1.165, 1.54) is 17.7 Å². The third-order valence-corrected chi connectivity index (χ3v) is 7.03. The van der Waals surface area contributed by atoms with Crippen LogP contribution in [0.15, 0.2) is 59.5 Å². The second-order valence-electron chi connectivity index (χ2n) is 7.83. The minimum Gasteiger partial charge on any atom is -0.497 e. The maximum absolute atomic E-state index is 12.2. The SMILES string of the molecule is COc1ccc(CN2CCC(CNC(=O)CCNS(=O)(=O)c3ccccc3)CC2)cc1. The van der Waals surface area contributed by atoms with E-state index in [0.717, 1.165) is 38.2 Å². The van der Waals surface area contributed by atoms with Crippen LogP contribution in [0.25, 0.3) is 0 Å². The number of likely N-dealkylation sites (tertiary alicyclic amines) is 1. The fraction of sp³-hybridized carbons (Fsp3) is 0.435. The Morgan fingerprint density at radius 1 is 1.06 bits per heavy atom. The summed E-state index contributed by atoms with van der Waals surface area (Å²) in [5.74, 6) is 1.19. The molecule has 1 saturated heterocycles. The minimum absolute atomic E-state index is 0.0867. The van der Waals surface area contributed by atoms with Crippen molar-refractivity contribution < 1.29 is 17.9 Å². The Bertz CT molecular complexity index is 925. The zero-order valence-electron chi connectivity index (χ0n) is 17.9. The van der Waals surface area contributed by atoms with Crippen molar-refractivity contribution >= 4 is 15.9 Å². The second-order valence-corrected chi connectivity index (χ2v) is 9.60. The van der Waals surface area contributed by atoms with Gasteiger partial charge in [0.25, 0.3) is 0 Å². The molecule has 0 saturated carbocycles. The van der Waals surface area contributed by atoms with Crippen LogP contribution < -0.4 is 14.8 Å². The molecule has 1 heterocycles. The number of nitrogens with zero attached hydrogens (tertiary/aromatic N) is 1. The molecule has 3 rings (SSSR count). The van der Waals surface area contributed by atoms with Crippen LogP contribution in [0.4, 0.5) is 0 Å². The number of hydrogen-bond acceptors (Lipinski definition) is 5. The summed E-state index contributed by atoms with van der Waals surface area (Å²) in [5, 5.41) is 2.95. The highest BCUT2D eigenvalue weighted by atomic mass is 32.2. The molecule has 0 radical (unpaired) electrons. The highest BCUT2D eigenvalue weighted by molar-refractivity contribution is 7.89. The number of nitrogens with one attached hydrogen (secondary N) is 2. The van der Waals surface area contributed by atoms with E-state index in [-0.39, 0.29) is 23.8 Å². The van der Waals surface area contributed by atoms with Crippen LogP contribution in [-0.4, -0.2) is 52.5 Å². The first-order chi connectivity index (χ1) is 15.0. The first-order valence-corrected chi connectivity index (χ1v) is 12.1. The molecule has 2 N–H and O–H groups in total. The average Bonchev–Trinajstić information content (AvgIpc) is 2.79. The van der Waals surface area contributed by atoms with Crippen LogP contribution in [0.3, 0.4) is 0 Å². The van der Waals surface area contributed by atoms with E-state index in [1.54, 1.807) is 25.3 Å². The van der Waals surface area contributed by atoms with Crippen molar-refractivity contribution in [3.05, 3.63) is 60.2 Å². The molecule has 2 aromatic rings. The number of sulfonamides is 1. The third-order valence-electron chi connectivity index (χ3n) is 5.56. The molecule has 1 fully saturated rings. The zero-order chi connectivity index (χ0) is 22.1. The zero-order valence-corrected chi connectivity index (χ0v) is 18.7. The van der Waals surface area contributed by atoms with Crippen LogP contribution >= 0.6 is 0 Å². The van der Waals surface area contributed by atoms with Gasteiger partial charge in [-0.2, -0.15) is 0 Å². The molecule has 1 aliphatic heterocycles. The summed E-state index contributed by atoms with van der Waals surface area (Å²) in [6, 6.07) is 16.3. The van der Waals surface area contributed by atoms with Gasteiger partial charge in [-0.3, -0.25) is 9.69 Å². The summed E-state index contributed by atoms with van der Waals surface area (Å²) in [4.78, 5) is 14.7. The summed E-state index contributed by atoms with van der Waals surface area (Å²) < 4.78 is 32.0. The average molecular weight is 446 g/mol. The van der Waals surface area contributed by atoms with Gasteiger partial charge in [0, 0.05) is 26.1 Å². The molecular formula is C23H31N3O4S. The van der Waals surface area contributed by atoms with Crippen molar-refractivity contribution in [1.29, 1.82) is 0 Å². The quantitative estimate of drug-likeness (QED) is 0.586. The highest BCUT2D eigenvalue weighted by Crippen LogP contribution is 2.19. The van der Waals surface area contributed by atoms with E-state index < -0.39 is 10.0 Å². The van der Waals surface area contributed by atoms with Crippen molar-refractivity contribution in [2.75, 3.05) is 33.3 Å². The van der Waals surface area contributed by atoms with E-state index in [4.69, 9.17) is 4.74 Å². The monoisotopic (exact) mass is 445 g/mol. The topological polar surface area (TPSA) is 87.7 Å². The summed E-state index contributed by atoms with van der Waals surface area (Å²) in [5.41, 5.74) is 1.27. The molecule has 0 bridgehead atoms. The first kappa shape index (κ1) is 23.2. The van der Waals surface area contributed by atoms with Crippen molar-refractivity contribution in [3.63, 3.8) is 0 Å². The molecule has 0 atom stereocenters. The number of hydrogen-bond donors (Lipinski definition) is 2. The van der Waals surface area contributed by atoms with Gasteiger partial charge >= 0.3 is 0 Å². The number of benzene rings is 2. The second kappa shape index (κ2) is 11.3. The van der Waals surface area contributed by atoms with Crippen molar-refractivity contribution in [3.8, 4) is 5.75 Å². The molecule has 1 aliphatic rings. The number of rotatable bonds is 10. The lowest BCUT2D eigenvalue weighted by Crippen LogP contribution is -2.39. The van der Waals surface area contributed by atoms with E-state index in [1.807, 2.05) is 12.1 Å². The van der Waals surface area contributed by atoms with Crippen molar-refractivity contribution in [2.24, 2.45) is 5.92 Å². The van der Waals surface area contributed by atoms with E-state index in [0.29, 0.717) is 12.5 Å². The highest BCUT2D eigenvalue weighted by Gasteiger charge is 2.20. The van der Waals surface area contributed by atoms with Crippen LogP contribution in [0.5, 0.6) is 5.75 Å². The Balaban J connectivity index is 1.31. The Hall–Kier alpha value is -2.42. The minimum atomic E-state index is -3.57. The van der Waals surface area contributed by atoms with E-state index in [2.05, 4.69) is 27.1 Å². The largest absolute Gasteiger partial charge is 0.497 e. The van der Waals surface area contributed by atoms with Gasteiger partial charge in [-0.1, -0.05) is 30.3 Å². The van der Waals surface area contributed by atoms with Crippen LogP contribution in [0, 0.1) is 5.92 Å². The summed E-state index contributed by atoms with van der Waals surface area (Å²) >= 11 is 0. The Kier molecular flexibility index (Phi) is 8.45. The van der Waals surface area contributed by atoms with Crippen LogP contribution in [0.2, 0.25) is 0 Å². The molecule has 8 heteroatoms. The lowest BCUT2D eigenvalue weighted by atomic mass is 9.96. The molecule has 0 aliphatic carbocycles.